The molecule has 1 aromatic rings. The van der Waals surface area contributed by atoms with Crippen molar-refractivity contribution in [2.75, 3.05) is 6.61 Å². The first kappa shape index (κ1) is 14.3. The van der Waals surface area contributed by atoms with Crippen LogP contribution in [0.5, 0.6) is 0 Å². The summed E-state index contributed by atoms with van der Waals surface area (Å²) in [6.45, 7) is 1.38. The minimum atomic E-state index is -4.26. The number of benzene rings is 1. The van der Waals surface area contributed by atoms with Gasteiger partial charge in [0, 0.05) is 0 Å². The van der Waals surface area contributed by atoms with Gasteiger partial charge in [0.05, 0.1) is 17.4 Å². The van der Waals surface area contributed by atoms with Gasteiger partial charge in [0.25, 0.3) is 10.1 Å². The third-order valence-corrected chi connectivity index (χ3v) is 4.39. The predicted octanol–water partition coefficient (Wildman–Crippen LogP) is 2.90. The topological polar surface area (TPSA) is 43.4 Å². The van der Waals surface area contributed by atoms with Crippen LogP contribution in [-0.2, 0) is 14.3 Å². The SMILES string of the molecule is Cc1ccc(S(=O)(=O)OCC2CC2C(F)(F)F)cc1. The molecule has 1 aliphatic rings. The van der Waals surface area contributed by atoms with Crippen LogP contribution in [0.4, 0.5) is 13.2 Å². The molecule has 3 nitrogen and oxygen atoms in total. The van der Waals surface area contributed by atoms with E-state index in [0.717, 1.165) is 5.56 Å². The van der Waals surface area contributed by atoms with E-state index in [1.807, 2.05) is 0 Å². The van der Waals surface area contributed by atoms with Crippen LogP contribution in [0.3, 0.4) is 0 Å². The van der Waals surface area contributed by atoms with Gasteiger partial charge in [-0.15, -0.1) is 0 Å². The first-order valence-corrected chi connectivity index (χ1v) is 7.14. The number of hydrogen-bond donors (Lipinski definition) is 0. The van der Waals surface area contributed by atoms with Crippen molar-refractivity contribution in [2.45, 2.75) is 24.4 Å². The molecule has 1 aromatic carbocycles. The van der Waals surface area contributed by atoms with Crippen LogP contribution in [0.1, 0.15) is 12.0 Å². The van der Waals surface area contributed by atoms with E-state index >= 15 is 0 Å². The van der Waals surface area contributed by atoms with Crippen LogP contribution < -0.4 is 0 Å². The highest BCUT2D eigenvalue weighted by atomic mass is 32.2. The summed E-state index contributed by atoms with van der Waals surface area (Å²) >= 11 is 0. The van der Waals surface area contributed by atoms with Gasteiger partial charge in [-0.3, -0.25) is 4.18 Å². The molecule has 1 fully saturated rings. The van der Waals surface area contributed by atoms with Gasteiger partial charge in [-0.2, -0.15) is 21.6 Å². The quantitative estimate of drug-likeness (QED) is 0.802. The van der Waals surface area contributed by atoms with Crippen LogP contribution in [0.25, 0.3) is 0 Å². The van der Waals surface area contributed by atoms with Crippen molar-refractivity contribution in [2.24, 2.45) is 11.8 Å². The summed E-state index contributed by atoms with van der Waals surface area (Å²) in [5.41, 5.74) is 0.887. The van der Waals surface area contributed by atoms with Gasteiger partial charge in [-0.25, -0.2) is 0 Å². The van der Waals surface area contributed by atoms with Crippen molar-refractivity contribution in [3.63, 3.8) is 0 Å². The molecule has 0 heterocycles. The van der Waals surface area contributed by atoms with E-state index in [4.69, 9.17) is 0 Å². The van der Waals surface area contributed by atoms with Crippen molar-refractivity contribution in [3.05, 3.63) is 29.8 Å². The van der Waals surface area contributed by atoms with Gasteiger partial charge in [-0.05, 0) is 31.4 Å². The Kier molecular flexibility index (Phi) is 3.61. The Morgan fingerprint density at radius 1 is 1.26 bits per heavy atom. The van der Waals surface area contributed by atoms with Gasteiger partial charge in [0.2, 0.25) is 0 Å². The zero-order chi connectivity index (χ0) is 14.3. The summed E-state index contributed by atoms with van der Waals surface area (Å²) in [5.74, 6) is -2.18. The Balaban J connectivity index is 1.95. The van der Waals surface area contributed by atoms with Crippen molar-refractivity contribution < 1.29 is 25.8 Å². The average molecular weight is 294 g/mol. The lowest BCUT2D eigenvalue weighted by Crippen LogP contribution is -2.15. The van der Waals surface area contributed by atoms with Crippen LogP contribution in [0.15, 0.2) is 29.2 Å². The van der Waals surface area contributed by atoms with Crippen molar-refractivity contribution in [3.8, 4) is 0 Å². The highest BCUT2D eigenvalue weighted by Crippen LogP contribution is 2.50. The fourth-order valence-electron chi connectivity index (χ4n) is 1.78. The molecular formula is C12H13F3O3S. The average Bonchev–Trinajstić information content (AvgIpc) is 3.06. The van der Waals surface area contributed by atoms with E-state index in [0.29, 0.717) is 0 Å². The fraction of sp³-hybridized carbons (Fsp3) is 0.500. The Morgan fingerprint density at radius 3 is 2.32 bits per heavy atom. The molecule has 0 spiro atoms. The second-order valence-corrected chi connectivity index (χ2v) is 6.31. The Bertz CT molecular complexity index is 549. The maximum absolute atomic E-state index is 12.3. The first-order chi connectivity index (χ1) is 8.70. The molecule has 106 valence electrons. The molecule has 0 amide bonds. The monoisotopic (exact) mass is 294 g/mol. The molecular weight excluding hydrogens is 281 g/mol. The Hall–Kier alpha value is -1.08. The molecule has 0 N–H and O–H groups in total. The fourth-order valence-corrected chi connectivity index (χ4v) is 2.74. The smallest absolute Gasteiger partial charge is 0.266 e. The zero-order valence-corrected chi connectivity index (χ0v) is 11.0. The Morgan fingerprint density at radius 2 is 1.84 bits per heavy atom. The molecule has 1 saturated carbocycles. The number of aryl methyl sites for hydroxylation is 1. The normalized spacial score (nSPS) is 23.4. The van der Waals surface area contributed by atoms with Crippen molar-refractivity contribution >= 4 is 10.1 Å². The van der Waals surface area contributed by atoms with Crippen LogP contribution in [0, 0.1) is 18.8 Å². The molecule has 19 heavy (non-hydrogen) atoms. The van der Waals surface area contributed by atoms with Crippen LogP contribution >= 0.6 is 0 Å². The second kappa shape index (κ2) is 4.79. The zero-order valence-electron chi connectivity index (χ0n) is 10.1. The largest absolute Gasteiger partial charge is 0.392 e. The van der Waals surface area contributed by atoms with E-state index in [1.54, 1.807) is 19.1 Å². The number of alkyl halides is 3. The van der Waals surface area contributed by atoms with Gasteiger partial charge in [-0.1, -0.05) is 17.7 Å². The van der Waals surface area contributed by atoms with E-state index in [-0.39, 0.29) is 11.3 Å². The first-order valence-electron chi connectivity index (χ1n) is 5.73. The van der Waals surface area contributed by atoms with Gasteiger partial charge < -0.3 is 0 Å². The summed E-state index contributed by atoms with van der Waals surface area (Å²) in [4.78, 5) is -0.0395. The van der Waals surface area contributed by atoms with E-state index in [2.05, 4.69) is 4.18 Å². The number of halogens is 3. The molecule has 2 atom stereocenters. The summed E-state index contributed by atoms with van der Waals surface area (Å²) in [7, 11) is -3.97. The Labute approximate surface area is 109 Å². The minimum absolute atomic E-state index is 0.0395. The van der Waals surface area contributed by atoms with Gasteiger partial charge in [0.1, 0.15) is 0 Å². The van der Waals surface area contributed by atoms with Crippen molar-refractivity contribution in [1.29, 1.82) is 0 Å². The maximum atomic E-state index is 12.3. The van der Waals surface area contributed by atoms with Gasteiger partial charge >= 0.3 is 6.18 Å². The van der Waals surface area contributed by atoms with E-state index in [9.17, 15) is 21.6 Å². The number of hydrogen-bond acceptors (Lipinski definition) is 3. The molecule has 2 rings (SSSR count). The lowest BCUT2D eigenvalue weighted by atomic mass is 10.2. The summed E-state index contributed by atoms with van der Waals surface area (Å²) in [5, 5.41) is 0. The molecule has 0 aliphatic heterocycles. The highest BCUT2D eigenvalue weighted by molar-refractivity contribution is 7.86. The lowest BCUT2D eigenvalue weighted by Gasteiger charge is -2.07. The summed E-state index contributed by atoms with van der Waals surface area (Å²) in [6, 6.07) is 5.95. The predicted molar refractivity (Wildman–Crippen MR) is 62.0 cm³/mol. The van der Waals surface area contributed by atoms with E-state index < -0.39 is 34.7 Å². The third-order valence-electron chi connectivity index (χ3n) is 3.09. The van der Waals surface area contributed by atoms with Gasteiger partial charge in [0.15, 0.2) is 0 Å². The van der Waals surface area contributed by atoms with Crippen molar-refractivity contribution in [1.82, 2.24) is 0 Å². The highest BCUT2D eigenvalue weighted by Gasteiger charge is 2.55. The van der Waals surface area contributed by atoms with Crippen LogP contribution in [0.2, 0.25) is 0 Å². The summed E-state index contributed by atoms with van der Waals surface area (Å²) < 4.78 is 65.0. The molecule has 0 bridgehead atoms. The molecule has 0 aromatic heterocycles. The number of rotatable bonds is 4. The lowest BCUT2D eigenvalue weighted by molar-refractivity contribution is -0.151. The maximum Gasteiger partial charge on any atom is 0.392 e. The molecule has 0 saturated heterocycles. The minimum Gasteiger partial charge on any atom is -0.266 e. The second-order valence-electron chi connectivity index (χ2n) is 4.70. The summed E-state index contributed by atoms with van der Waals surface area (Å²) in [6.07, 6.45) is -4.32. The standard InChI is InChI=1S/C12H13F3O3S/c1-8-2-4-10(5-3-8)19(16,17)18-7-9-6-11(9)12(13,14)15/h2-5,9,11H,6-7H2,1H3. The van der Waals surface area contributed by atoms with E-state index in [1.165, 1.54) is 12.1 Å². The molecule has 1 aliphatic carbocycles. The molecule has 0 radical (unpaired) electrons. The van der Waals surface area contributed by atoms with Crippen LogP contribution in [-0.4, -0.2) is 21.2 Å². The molecule has 7 heteroatoms. The molecule has 2 unspecified atom stereocenters. The third kappa shape index (κ3) is 3.48.